The third-order valence-electron chi connectivity index (χ3n) is 4.48. The van der Waals surface area contributed by atoms with Crippen LogP contribution in [0.25, 0.3) is 0 Å². The van der Waals surface area contributed by atoms with Gasteiger partial charge in [-0.2, -0.15) is 0 Å². The highest BCUT2D eigenvalue weighted by Crippen LogP contribution is 2.24. The molecular weight excluding hydrogens is 264 g/mol. The molecule has 4 atom stereocenters. The molecule has 0 bridgehead atoms. The maximum Gasteiger partial charge on any atom is 0.0971 e. The first-order chi connectivity index (χ1) is 10.2. The van der Waals surface area contributed by atoms with Gasteiger partial charge >= 0.3 is 0 Å². The average Bonchev–Trinajstić information content (AvgIpc) is 2.91. The van der Waals surface area contributed by atoms with Crippen molar-refractivity contribution in [2.24, 2.45) is 5.92 Å². The predicted molar refractivity (Wildman–Crippen MR) is 85.4 cm³/mol. The van der Waals surface area contributed by atoms with E-state index in [9.17, 15) is 0 Å². The Morgan fingerprint density at radius 3 is 2.19 bits per heavy atom. The topological polar surface area (TPSA) is 33.7 Å². The summed E-state index contributed by atoms with van der Waals surface area (Å²) in [6.07, 6.45) is 0.374. The van der Waals surface area contributed by atoms with Gasteiger partial charge in [0, 0.05) is 39.9 Å². The summed E-state index contributed by atoms with van der Waals surface area (Å²) < 4.78 is 11.0. The van der Waals surface area contributed by atoms with Gasteiger partial charge in [-0.3, -0.25) is 4.90 Å². The molecule has 1 N–H and O–H groups in total. The molecule has 1 aromatic rings. The minimum atomic E-state index is 0.187. The van der Waals surface area contributed by atoms with Gasteiger partial charge < -0.3 is 14.8 Å². The summed E-state index contributed by atoms with van der Waals surface area (Å²) in [4.78, 5) is 2.44. The Kier molecular flexibility index (Phi) is 6.18. The van der Waals surface area contributed by atoms with E-state index in [1.54, 1.807) is 14.2 Å². The Labute approximate surface area is 128 Å². The summed E-state index contributed by atoms with van der Waals surface area (Å²) in [6, 6.07) is 11.0. The molecule has 1 fully saturated rings. The second-order valence-corrected chi connectivity index (χ2v) is 5.92. The maximum atomic E-state index is 5.52. The third-order valence-corrected chi connectivity index (χ3v) is 4.48. The molecule has 1 aliphatic rings. The van der Waals surface area contributed by atoms with Crippen LogP contribution in [0.4, 0.5) is 0 Å². The van der Waals surface area contributed by atoms with Crippen LogP contribution in [0, 0.1) is 5.92 Å². The van der Waals surface area contributed by atoms with Gasteiger partial charge in [-0.25, -0.2) is 0 Å². The maximum absolute atomic E-state index is 5.52. The molecule has 2 rings (SSSR count). The van der Waals surface area contributed by atoms with Gasteiger partial charge in [0.25, 0.3) is 0 Å². The van der Waals surface area contributed by atoms with Crippen LogP contribution in [0.15, 0.2) is 30.3 Å². The van der Waals surface area contributed by atoms with Gasteiger partial charge in [-0.1, -0.05) is 37.3 Å². The lowest BCUT2D eigenvalue weighted by Crippen LogP contribution is -2.34. The Balaban J connectivity index is 1.96. The van der Waals surface area contributed by atoms with E-state index in [-0.39, 0.29) is 12.2 Å². The molecule has 118 valence electrons. The second-order valence-electron chi connectivity index (χ2n) is 5.92. The van der Waals surface area contributed by atoms with Crippen molar-refractivity contribution >= 4 is 0 Å². The summed E-state index contributed by atoms with van der Waals surface area (Å²) in [5.74, 6) is 0.519. The van der Waals surface area contributed by atoms with Crippen LogP contribution in [0.2, 0.25) is 0 Å². The largest absolute Gasteiger partial charge is 0.377 e. The fourth-order valence-corrected chi connectivity index (χ4v) is 3.37. The minimum absolute atomic E-state index is 0.187. The first-order valence-electron chi connectivity index (χ1n) is 7.69. The fourth-order valence-electron chi connectivity index (χ4n) is 3.37. The first kappa shape index (κ1) is 16.4. The van der Waals surface area contributed by atoms with Crippen molar-refractivity contribution in [3.8, 4) is 0 Å². The lowest BCUT2D eigenvalue weighted by atomic mass is 9.94. The number of hydrogen-bond donors (Lipinski definition) is 1. The SMILES string of the molecule is CNC(c1ccccc1)C(C)CN1CC(OC)C(OC)C1. The van der Waals surface area contributed by atoms with E-state index in [1.807, 2.05) is 7.05 Å². The van der Waals surface area contributed by atoms with E-state index in [1.165, 1.54) is 5.56 Å². The van der Waals surface area contributed by atoms with E-state index >= 15 is 0 Å². The highest BCUT2D eigenvalue weighted by Gasteiger charge is 2.34. The standard InChI is InChI=1S/C17H28N2O2/c1-13(17(18-2)14-8-6-5-7-9-14)10-19-11-15(20-3)16(12-19)21-4/h5-9,13,15-18H,10-12H2,1-4H3. The molecular formula is C17H28N2O2. The molecule has 0 spiro atoms. The summed E-state index contributed by atoms with van der Waals surface area (Å²) in [5.41, 5.74) is 1.35. The van der Waals surface area contributed by atoms with Crippen LogP contribution in [0.3, 0.4) is 0 Å². The van der Waals surface area contributed by atoms with Crippen LogP contribution in [-0.4, -0.2) is 58.0 Å². The highest BCUT2D eigenvalue weighted by molar-refractivity contribution is 5.19. The Morgan fingerprint density at radius 2 is 1.71 bits per heavy atom. The van der Waals surface area contributed by atoms with Crippen LogP contribution in [-0.2, 0) is 9.47 Å². The molecule has 0 amide bonds. The fraction of sp³-hybridized carbons (Fsp3) is 0.647. The van der Waals surface area contributed by atoms with Gasteiger partial charge in [-0.15, -0.1) is 0 Å². The van der Waals surface area contributed by atoms with E-state index in [0.29, 0.717) is 12.0 Å². The lowest BCUT2D eigenvalue weighted by molar-refractivity contribution is -0.00461. The van der Waals surface area contributed by atoms with Crippen molar-refractivity contribution in [1.82, 2.24) is 10.2 Å². The monoisotopic (exact) mass is 292 g/mol. The summed E-state index contributed by atoms with van der Waals surface area (Å²) in [6.45, 7) is 5.24. The van der Waals surface area contributed by atoms with Gasteiger partial charge in [0.2, 0.25) is 0 Å². The van der Waals surface area contributed by atoms with E-state index in [2.05, 4.69) is 47.5 Å². The molecule has 4 nitrogen and oxygen atoms in total. The Morgan fingerprint density at radius 1 is 1.14 bits per heavy atom. The highest BCUT2D eigenvalue weighted by atomic mass is 16.5. The number of benzene rings is 1. The smallest absolute Gasteiger partial charge is 0.0971 e. The molecule has 4 heteroatoms. The molecule has 0 aromatic heterocycles. The number of nitrogens with zero attached hydrogens (tertiary/aromatic N) is 1. The van der Waals surface area contributed by atoms with Gasteiger partial charge in [-0.05, 0) is 18.5 Å². The summed E-state index contributed by atoms with van der Waals surface area (Å²) >= 11 is 0. The summed E-state index contributed by atoms with van der Waals surface area (Å²) in [7, 11) is 5.57. The molecule has 0 saturated carbocycles. The number of likely N-dealkylation sites (tertiary alicyclic amines) is 1. The molecule has 0 aliphatic carbocycles. The van der Waals surface area contributed by atoms with E-state index in [0.717, 1.165) is 19.6 Å². The minimum Gasteiger partial charge on any atom is -0.377 e. The number of nitrogens with one attached hydrogen (secondary N) is 1. The predicted octanol–water partition coefficient (Wildman–Crippen LogP) is 1.93. The zero-order chi connectivity index (χ0) is 15.2. The molecule has 0 radical (unpaired) electrons. The first-order valence-corrected chi connectivity index (χ1v) is 7.69. The number of rotatable bonds is 7. The zero-order valence-corrected chi connectivity index (χ0v) is 13.6. The van der Waals surface area contributed by atoms with Crippen molar-refractivity contribution in [2.75, 3.05) is 40.9 Å². The normalized spacial score (nSPS) is 25.9. The van der Waals surface area contributed by atoms with Crippen molar-refractivity contribution in [3.63, 3.8) is 0 Å². The number of methoxy groups -OCH3 is 2. The third kappa shape index (κ3) is 4.04. The van der Waals surface area contributed by atoms with Gasteiger partial charge in [0.1, 0.15) is 0 Å². The van der Waals surface area contributed by atoms with Crippen molar-refractivity contribution in [2.45, 2.75) is 25.2 Å². The Hall–Kier alpha value is -0.940. The van der Waals surface area contributed by atoms with Crippen LogP contribution < -0.4 is 5.32 Å². The summed E-state index contributed by atoms with van der Waals surface area (Å²) in [5, 5.41) is 3.45. The quantitative estimate of drug-likeness (QED) is 0.832. The van der Waals surface area contributed by atoms with Gasteiger partial charge in [0.05, 0.1) is 12.2 Å². The molecule has 4 unspecified atom stereocenters. The van der Waals surface area contributed by atoms with Crippen LogP contribution >= 0.6 is 0 Å². The Bertz CT molecular complexity index is 401. The lowest BCUT2D eigenvalue weighted by Gasteiger charge is -2.28. The molecule has 1 aliphatic heterocycles. The molecule has 1 aromatic carbocycles. The van der Waals surface area contributed by atoms with Crippen molar-refractivity contribution < 1.29 is 9.47 Å². The second kappa shape index (κ2) is 7.90. The number of ether oxygens (including phenoxy) is 2. The zero-order valence-electron chi connectivity index (χ0n) is 13.6. The molecule has 1 saturated heterocycles. The molecule has 1 heterocycles. The van der Waals surface area contributed by atoms with Crippen LogP contribution in [0.1, 0.15) is 18.5 Å². The average molecular weight is 292 g/mol. The number of hydrogen-bond acceptors (Lipinski definition) is 4. The van der Waals surface area contributed by atoms with E-state index in [4.69, 9.17) is 9.47 Å². The van der Waals surface area contributed by atoms with Crippen molar-refractivity contribution in [3.05, 3.63) is 35.9 Å². The van der Waals surface area contributed by atoms with E-state index < -0.39 is 0 Å². The van der Waals surface area contributed by atoms with Gasteiger partial charge in [0.15, 0.2) is 0 Å². The molecule has 21 heavy (non-hydrogen) atoms. The van der Waals surface area contributed by atoms with Crippen molar-refractivity contribution in [1.29, 1.82) is 0 Å². The van der Waals surface area contributed by atoms with Crippen LogP contribution in [0.5, 0.6) is 0 Å².